The summed E-state index contributed by atoms with van der Waals surface area (Å²) in [5.41, 5.74) is 0.300. The minimum absolute atomic E-state index is 0.00691. The Morgan fingerprint density at radius 2 is 1.62 bits per heavy atom. The SMILES string of the molecule is COC(=O)C(CCC(=O)N1CCOc2ccccc2C1)NC(=O)C(CC1CCCCC1)NC(=O)OC1CCN(C(=O)OC(C)(C)C)CC1. The molecule has 0 radical (unpaired) electrons. The quantitative estimate of drug-likeness (QED) is 0.274. The van der Waals surface area contributed by atoms with Gasteiger partial charge < -0.3 is 39.4 Å². The standard InChI is InChI=1S/C35H52N4O9/c1-35(2,3)48-34(44)38-18-16-26(17-19-38)47-33(43)37-28(22-24-10-6-5-7-11-24)31(41)36-27(32(42)45-4)14-15-30(40)39-20-21-46-29-13-9-8-12-25(29)23-39/h8-9,12-13,24,26-28H,5-7,10-11,14-23H2,1-4H3,(H,36,41)(H,37,43). The van der Waals surface area contributed by atoms with E-state index in [-0.39, 0.29) is 24.7 Å². The van der Waals surface area contributed by atoms with Crippen molar-refractivity contribution in [2.45, 2.75) is 115 Å². The molecule has 2 atom stereocenters. The summed E-state index contributed by atoms with van der Waals surface area (Å²) >= 11 is 0. The summed E-state index contributed by atoms with van der Waals surface area (Å²) in [6.07, 6.45) is 4.92. The lowest BCUT2D eigenvalue weighted by Crippen LogP contribution is -2.53. The zero-order valence-electron chi connectivity index (χ0n) is 28.8. The van der Waals surface area contributed by atoms with Crippen LogP contribution in [-0.4, -0.2) is 96.9 Å². The number of esters is 1. The van der Waals surface area contributed by atoms with Crippen LogP contribution in [0.3, 0.4) is 0 Å². The van der Waals surface area contributed by atoms with Gasteiger partial charge >= 0.3 is 18.2 Å². The molecule has 4 rings (SSSR count). The van der Waals surface area contributed by atoms with E-state index in [2.05, 4.69) is 10.6 Å². The summed E-state index contributed by atoms with van der Waals surface area (Å²) in [7, 11) is 1.23. The van der Waals surface area contributed by atoms with Crippen molar-refractivity contribution in [1.29, 1.82) is 0 Å². The number of rotatable bonds is 10. The first kappa shape index (κ1) is 36.8. The number of carbonyl (C=O) groups excluding carboxylic acids is 5. The number of nitrogens with one attached hydrogen (secondary N) is 2. The fourth-order valence-corrected chi connectivity index (χ4v) is 6.43. The second-order valence-corrected chi connectivity index (χ2v) is 13.9. The molecule has 2 N–H and O–H groups in total. The number of hydrogen-bond donors (Lipinski definition) is 2. The zero-order chi connectivity index (χ0) is 34.7. The molecular weight excluding hydrogens is 620 g/mol. The van der Waals surface area contributed by atoms with Crippen molar-refractivity contribution in [1.82, 2.24) is 20.4 Å². The molecular formula is C35H52N4O9. The number of ether oxygens (including phenoxy) is 4. The average Bonchev–Trinajstić information content (AvgIpc) is 3.28. The van der Waals surface area contributed by atoms with Crippen LogP contribution in [0.25, 0.3) is 0 Å². The third-order valence-electron chi connectivity index (χ3n) is 9.02. The lowest BCUT2D eigenvalue weighted by Gasteiger charge is -2.33. The molecule has 13 nitrogen and oxygen atoms in total. The molecule has 1 saturated heterocycles. The van der Waals surface area contributed by atoms with Gasteiger partial charge in [0, 0.05) is 44.5 Å². The van der Waals surface area contributed by atoms with Gasteiger partial charge in [-0.3, -0.25) is 9.59 Å². The van der Waals surface area contributed by atoms with Crippen LogP contribution in [0.1, 0.15) is 90.5 Å². The normalized spacial score (nSPS) is 18.7. The van der Waals surface area contributed by atoms with Gasteiger partial charge in [0.1, 0.15) is 36.1 Å². The van der Waals surface area contributed by atoms with Crippen molar-refractivity contribution in [3.63, 3.8) is 0 Å². The number of hydrogen-bond acceptors (Lipinski definition) is 9. The first-order chi connectivity index (χ1) is 22.9. The van der Waals surface area contributed by atoms with E-state index in [1.165, 1.54) is 7.11 Å². The lowest BCUT2D eigenvalue weighted by molar-refractivity contribution is -0.146. The summed E-state index contributed by atoms with van der Waals surface area (Å²) in [4.78, 5) is 68.4. The molecule has 1 aliphatic carbocycles. The number of para-hydroxylation sites is 1. The molecule has 2 unspecified atom stereocenters. The largest absolute Gasteiger partial charge is 0.491 e. The van der Waals surface area contributed by atoms with E-state index < -0.39 is 47.9 Å². The Morgan fingerprint density at radius 3 is 2.31 bits per heavy atom. The van der Waals surface area contributed by atoms with E-state index in [1.807, 2.05) is 45.0 Å². The molecule has 0 bridgehead atoms. The Kier molecular flexibility index (Phi) is 13.3. The molecule has 2 heterocycles. The number of fused-ring (bicyclic) bond motifs is 1. The number of benzene rings is 1. The van der Waals surface area contributed by atoms with Crippen LogP contribution in [-0.2, 0) is 35.1 Å². The number of alkyl carbamates (subject to hydrolysis) is 1. The Balaban J connectivity index is 1.34. The van der Waals surface area contributed by atoms with Crippen LogP contribution in [0.2, 0.25) is 0 Å². The van der Waals surface area contributed by atoms with Crippen molar-refractivity contribution < 1.29 is 42.9 Å². The maximum absolute atomic E-state index is 13.7. The molecule has 13 heteroatoms. The predicted octanol–water partition coefficient (Wildman–Crippen LogP) is 4.31. The number of nitrogens with zero attached hydrogens (tertiary/aromatic N) is 2. The van der Waals surface area contributed by atoms with Crippen LogP contribution in [0.4, 0.5) is 9.59 Å². The predicted molar refractivity (Wildman–Crippen MR) is 176 cm³/mol. The van der Waals surface area contributed by atoms with Gasteiger partial charge in [-0.2, -0.15) is 0 Å². The fraction of sp³-hybridized carbons (Fsp3) is 0.686. The first-order valence-corrected chi connectivity index (χ1v) is 17.2. The van der Waals surface area contributed by atoms with Gasteiger partial charge in [0.15, 0.2) is 0 Å². The molecule has 3 aliphatic rings. The van der Waals surface area contributed by atoms with Crippen molar-refractivity contribution in [2.24, 2.45) is 5.92 Å². The molecule has 2 aliphatic heterocycles. The Bertz CT molecular complexity index is 1270. The molecule has 1 saturated carbocycles. The van der Waals surface area contributed by atoms with Crippen molar-refractivity contribution >= 4 is 30.0 Å². The van der Waals surface area contributed by atoms with E-state index >= 15 is 0 Å². The smallest absolute Gasteiger partial charge is 0.410 e. The first-order valence-electron chi connectivity index (χ1n) is 17.2. The van der Waals surface area contributed by atoms with Gasteiger partial charge in [0.05, 0.1) is 13.7 Å². The van der Waals surface area contributed by atoms with E-state index in [0.29, 0.717) is 52.0 Å². The van der Waals surface area contributed by atoms with Crippen molar-refractivity contribution in [3.8, 4) is 5.75 Å². The topological polar surface area (TPSA) is 153 Å². The minimum Gasteiger partial charge on any atom is -0.491 e. The highest BCUT2D eigenvalue weighted by Crippen LogP contribution is 2.28. The third kappa shape index (κ3) is 11.3. The van der Waals surface area contributed by atoms with Crippen molar-refractivity contribution in [2.75, 3.05) is 33.4 Å². The fourth-order valence-electron chi connectivity index (χ4n) is 6.43. The van der Waals surface area contributed by atoms with E-state index in [0.717, 1.165) is 43.4 Å². The second kappa shape index (κ2) is 17.4. The second-order valence-electron chi connectivity index (χ2n) is 13.9. The molecule has 2 fully saturated rings. The average molecular weight is 673 g/mol. The highest BCUT2D eigenvalue weighted by Gasteiger charge is 2.33. The number of likely N-dealkylation sites (tertiary alicyclic amines) is 1. The number of carbonyl (C=O) groups is 5. The van der Waals surface area contributed by atoms with E-state index in [4.69, 9.17) is 18.9 Å². The Labute approximate surface area is 283 Å². The summed E-state index contributed by atoms with van der Waals surface area (Å²) < 4.78 is 21.9. The zero-order valence-corrected chi connectivity index (χ0v) is 28.8. The van der Waals surface area contributed by atoms with Gasteiger partial charge in [0.25, 0.3) is 0 Å². The van der Waals surface area contributed by atoms with E-state index in [1.54, 1.807) is 9.80 Å². The molecule has 0 spiro atoms. The molecule has 1 aromatic rings. The number of amides is 4. The van der Waals surface area contributed by atoms with Crippen LogP contribution >= 0.6 is 0 Å². The van der Waals surface area contributed by atoms with Crippen LogP contribution in [0, 0.1) is 5.92 Å². The summed E-state index contributed by atoms with van der Waals surface area (Å²) in [5, 5.41) is 5.50. The molecule has 4 amide bonds. The highest BCUT2D eigenvalue weighted by molar-refractivity contribution is 5.90. The van der Waals surface area contributed by atoms with Crippen LogP contribution in [0.15, 0.2) is 24.3 Å². The monoisotopic (exact) mass is 672 g/mol. The van der Waals surface area contributed by atoms with Gasteiger partial charge in [-0.1, -0.05) is 50.3 Å². The van der Waals surface area contributed by atoms with Gasteiger partial charge in [-0.05, 0) is 45.6 Å². The summed E-state index contributed by atoms with van der Waals surface area (Å²) in [5.74, 6) is -0.391. The number of methoxy groups -OCH3 is 1. The summed E-state index contributed by atoms with van der Waals surface area (Å²) in [6.45, 7) is 7.34. The third-order valence-corrected chi connectivity index (χ3v) is 9.02. The number of piperidine rings is 1. The Morgan fingerprint density at radius 1 is 0.917 bits per heavy atom. The van der Waals surface area contributed by atoms with Crippen molar-refractivity contribution in [3.05, 3.63) is 29.8 Å². The van der Waals surface area contributed by atoms with Crippen LogP contribution in [0.5, 0.6) is 5.75 Å². The molecule has 48 heavy (non-hydrogen) atoms. The molecule has 1 aromatic carbocycles. The lowest BCUT2D eigenvalue weighted by atomic mass is 9.84. The van der Waals surface area contributed by atoms with Crippen LogP contribution < -0.4 is 15.4 Å². The van der Waals surface area contributed by atoms with E-state index in [9.17, 15) is 24.0 Å². The minimum atomic E-state index is -1.08. The highest BCUT2D eigenvalue weighted by atomic mass is 16.6. The molecule has 266 valence electrons. The summed E-state index contributed by atoms with van der Waals surface area (Å²) in [6, 6.07) is 5.54. The van der Waals surface area contributed by atoms with Gasteiger partial charge in [-0.25, -0.2) is 14.4 Å². The molecule has 0 aromatic heterocycles. The maximum atomic E-state index is 13.7. The van der Waals surface area contributed by atoms with Gasteiger partial charge in [-0.15, -0.1) is 0 Å². The maximum Gasteiger partial charge on any atom is 0.410 e. The van der Waals surface area contributed by atoms with Gasteiger partial charge in [0.2, 0.25) is 11.8 Å². The Hall–Kier alpha value is -4.03.